The Bertz CT molecular complexity index is 1120. The van der Waals surface area contributed by atoms with Crippen LogP contribution in [0.1, 0.15) is 5.82 Å². The van der Waals surface area contributed by atoms with E-state index in [1.165, 1.54) is 4.70 Å². The summed E-state index contributed by atoms with van der Waals surface area (Å²) in [4.78, 5) is 20.4. The number of hydrogen-bond donors (Lipinski definition) is 1. The van der Waals surface area contributed by atoms with Crippen LogP contribution < -0.4 is 10.2 Å². The van der Waals surface area contributed by atoms with E-state index in [0.717, 1.165) is 34.9 Å². The van der Waals surface area contributed by atoms with Crippen molar-refractivity contribution >= 4 is 39.1 Å². The first-order chi connectivity index (χ1) is 14.2. The van der Waals surface area contributed by atoms with Crippen molar-refractivity contribution in [3.05, 3.63) is 54.4 Å². The molecular weight excluding hydrogens is 384 g/mol. The number of hydrogen-bond acceptors (Lipinski definition) is 8. The number of para-hydroxylation sites is 1. The highest BCUT2D eigenvalue weighted by Gasteiger charge is 2.16. The molecule has 0 atom stereocenters. The van der Waals surface area contributed by atoms with Gasteiger partial charge < -0.3 is 15.0 Å². The van der Waals surface area contributed by atoms with Crippen LogP contribution in [0.25, 0.3) is 20.8 Å². The van der Waals surface area contributed by atoms with Gasteiger partial charge >= 0.3 is 0 Å². The molecule has 8 heteroatoms. The number of aromatic nitrogens is 4. The zero-order valence-corrected chi connectivity index (χ0v) is 16.8. The van der Waals surface area contributed by atoms with Gasteiger partial charge in [-0.2, -0.15) is 15.0 Å². The van der Waals surface area contributed by atoms with Crippen molar-refractivity contribution < 1.29 is 4.74 Å². The SMILES string of the molecule is Cc1nc(Nc2cccc(-c3nc4ccccc4s3)c2)nc(N2CCOCC2)n1. The molecule has 0 aliphatic carbocycles. The summed E-state index contributed by atoms with van der Waals surface area (Å²) in [5, 5.41) is 4.32. The molecule has 1 aliphatic rings. The molecule has 0 bridgehead atoms. The lowest BCUT2D eigenvalue weighted by Crippen LogP contribution is -2.37. The summed E-state index contributed by atoms with van der Waals surface area (Å²) >= 11 is 1.69. The maximum atomic E-state index is 5.42. The zero-order valence-electron chi connectivity index (χ0n) is 16.0. The van der Waals surface area contributed by atoms with Crippen molar-refractivity contribution in [3.8, 4) is 10.6 Å². The van der Waals surface area contributed by atoms with Gasteiger partial charge in [0.05, 0.1) is 23.4 Å². The van der Waals surface area contributed by atoms with E-state index in [2.05, 4.69) is 43.4 Å². The molecule has 1 saturated heterocycles. The van der Waals surface area contributed by atoms with Gasteiger partial charge in [0.15, 0.2) is 0 Å². The van der Waals surface area contributed by atoms with Crippen LogP contribution in [-0.4, -0.2) is 46.2 Å². The quantitative estimate of drug-likeness (QED) is 0.550. The second kappa shape index (κ2) is 7.73. The highest BCUT2D eigenvalue weighted by atomic mass is 32.1. The summed E-state index contributed by atoms with van der Waals surface area (Å²) in [6.45, 7) is 4.84. The molecular formula is C21H20N6OS. The van der Waals surface area contributed by atoms with Crippen LogP contribution >= 0.6 is 11.3 Å². The first-order valence-corrected chi connectivity index (χ1v) is 10.3. The molecule has 1 fully saturated rings. The summed E-state index contributed by atoms with van der Waals surface area (Å²) in [5.74, 6) is 1.91. The van der Waals surface area contributed by atoms with E-state index in [1.54, 1.807) is 11.3 Å². The number of anilines is 3. The molecule has 1 aliphatic heterocycles. The lowest BCUT2D eigenvalue weighted by atomic mass is 10.2. The maximum Gasteiger partial charge on any atom is 0.232 e. The Morgan fingerprint density at radius 1 is 0.966 bits per heavy atom. The molecule has 0 saturated carbocycles. The van der Waals surface area contributed by atoms with Gasteiger partial charge in [0.25, 0.3) is 0 Å². The zero-order chi connectivity index (χ0) is 19.6. The molecule has 0 spiro atoms. The number of rotatable bonds is 4. The smallest absolute Gasteiger partial charge is 0.232 e. The van der Waals surface area contributed by atoms with Crippen molar-refractivity contribution in [2.24, 2.45) is 0 Å². The first-order valence-electron chi connectivity index (χ1n) is 9.53. The third-order valence-electron chi connectivity index (χ3n) is 4.69. The Balaban J connectivity index is 1.42. The summed E-state index contributed by atoms with van der Waals surface area (Å²) in [6.07, 6.45) is 0. The summed E-state index contributed by atoms with van der Waals surface area (Å²) in [6, 6.07) is 16.4. The van der Waals surface area contributed by atoms with Gasteiger partial charge in [-0.05, 0) is 31.2 Å². The number of nitrogens with one attached hydrogen (secondary N) is 1. The Morgan fingerprint density at radius 3 is 2.69 bits per heavy atom. The van der Waals surface area contributed by atoms with Crippen LogP contribution in [0.15, 0.2) is 48.5 Å². The molecule has 0 unspecified atom stereocenters. The molecule has 2 aromatic heterocycles. The number of ether oxygens (including phenoxy) is 1. The first kappa shape index (κ1) is 18.0. The van der Waals surface area contributed by atoms with E-state index < -0.39 is 0 Å². The molecule has 5 rings (SSSR count). The normalized spacial score (nSPS) is 14.3. The molecule has 146 valence electrons. The second-order valence-electron chi connectivity index (χ2n) is 6.80. The molecule has 1 N–H and O–H groups in total. The van der Waals surface area contributed by atoms with Crippen LogP contribution in [0.2, 0.25) is 0 Å². The third kappa shape index (κ3) is 3.90. The van der Waals surface area contributed by atoms with Crippen molar-refractivity contribution in [2.45, 2.75) is 6.92 Å². The fourth-order valence-electron chi connectivity index (χ4n) is 3.28. The van der Waals surface area contributed by atoms with E-state index in [-0.39, 0.29) is 0 Å². The average molecular weight is 404 g/mol. The van der Waals surface area contributed by atoms with Gasteiger partial charge in [-0.1, -0.05) is 24.3 Å². The number of nitrogens with zero attached hydrogens (tertiary/aromatic N) is 5. The van der Waals surface area contributed by atoms with Crippen molar-refractivity contribution in [1.82, 2.24) is 19.9 Å². The van der Waals surface area contributed by atoms with Crippen molar-refractivity contribution in [1.29, 1.82) is 0 Å². The molecule has 29 heavy (non-hydrogen) atoms. The van der Waals surface area contributed by atoms with Crippen molar-refractivity contribution in [2.75, 3.05) is 36.5 Å². The van der Waals surface area contributed by atoms with Gasteiger partial charge in [-0.15, -0.1) is 11.3 Å². The van der Waals surface area contributed by atoms with E-state index >= 15 is 0 Å². The molecule has 2 aromatic carbocycles. The Morgan fingerprint density at radius 2 is 1.83 bits per heavy atom. The van der Waals surface area contributed by atoms with Crippen LogP contribution in [0.3, 0.4) is 0 Å². The Hall–Kier alpha value is -3.10. The largest absolute Gasteiger partial charge is 0.378 e. The Labute approximate surface area is 172 Å². The molecule has 4 aromatic rings. The molecule has 0 amide bonds. The van der Waals surface area contributed by atoms with Gasteiger partial charge in [-0.3, -0.25) is 0 Å². The number of fused-ring (bicyclic) bond motifs is 1. The minimum atomic E-state index is 0.542. The topological polar surface area (TPSA) is 76.1 Å². The fraction of sp³-hybridized carbons (Fsp3) is 0.238. The molecule has 0 radical (unpaired) electrons. The van der Waals surface area contributed by atoms with Crippen molar-refractivity contribution in [3.63, 3.8) is 0 Å². The predicted octanol–water partition coefficient (Wildman–Crippen LogP) is 4.04. The molecule has 7 nitrogen and oxygen atoms in total. The van der Waals surface area contributed by atoms with Gasteiger partial charge in [-0.25, -0.2) is 4.98 Å². The summed E-state index contributed by atoms with van der Waals surface area (Å²) in [7, 11) is 0. The van der Waals surface area contributed by atoms with Gasteiger partial charge in [0.2, 0.25) is 11.9 Å². The van der Waals surface area contributed by atoms with Crippen LogP contribution in [0.5, 0.6) is 0 Å². The number of thiazole rings is 1. The lowest BCUT2D eigenvalue weighted by molar-refractivity contribution is 0.122. The van der Waals surface area contributed by atoms with E-state index in [4.69, 9.17) is 9.72 Å². The molecule has 3 heterocycles. The predicted molar refractivity (Wildman–Crippen MR) is 116 cm³/mol. The van der Waals surface area contributed by atoms with E-state index in [0.29, 0.717) is 30.9 Å². The van der Waals surface area contributed by atoms with Gasteiger partial charge in [0, 0.05) is 24.3 Å². The minimum Gasteiger partial charge on any atom is -0.378 e. The van der Waals surface area contributed by atoms with Crippen LogP contribution in [-0.2, 0) is 4.74 Å². The van der Waals surface area contributed by atoms with Crippen LogP contribution in [0, 0.1) is 6.92 Å². The maximum absolute atomic E-state index is 5.42. The summed E-state index contributed by atoms with van der Waals surface area (Å²) < 4.78 is 6.61. The standard InChI is InChI=1S/C21H20N6OS/c1-14-22-20(26-21(23-14)27-9-11-28-12-10-27)24-16-6-4-5-15(13-16)19-25-17-7-2-3-8-18(17)29-19/h2-8,13H,9-12H2,1H3,(H,22,23,24,26). The lowest BCUT2D eigenvalue weighted by Gasteiger charge is -2.27. The summed E-state index contributed by atoms with van der Waals surface area (Å²) in [5.41, 5.74) is 3.00. The van der Waals surface area contributed by atoms with Crippen LogP contribution in [0.4, 0.5) is 17.6 Å². The van der Waals surface area contributed by atoms with E-state index in [9.17, 15) is 0 Å². The fourth-order valence-corrected chi connectivity index (χ4v) is 4.25. The average Bonchev–Trinajstić information content (AvgIpc) is 3.19. The highest BCUT2D eigenvalue weighted by molar-refractivity contribution is 7.21. The minimum absolute atomic E-state index is 0.542. The van der Waals surface area contributed by atoms with E-state index in [1.807, 2.05) is 37.3 Å². The number of benzene rings is 2. The highest BCUT2D eigenvalue weighted by Crippen LogP contribution is 2.31. The number of morpholine rings is 1. The third-order valence-corrected chi connectivity index (χ3v) is 5.77. The number of aryl methyl sites for hydroxylation is 1. The Kier molecular flexibility index (Phi) is 4.79. The second-order valence-corrected chi connectivity index (χ2v) is 7.83. The monoisotopic (exact) mass is 404 g/mol. The van der Waals surface area contributed by atoms with Gasteiger partial charge in [0.1, 0.15) is 10.8 Å².